The molecule has 3 amide bonds. The van der Waals surface area contributed by atoms with Gasteiger partial charge in [0.25, 0.3) is 5.69 Å². The molecule has 0 saturated carbocycles. The third-order valence-electron chi connectivity index (χ3n) is 5.19. The molecule has 10 nitrogen and oxygen atoms in total. The maximum absolute atomic E-state index is 12.2. The van der Waals surface area contributed by atoms with Gasteiger partial charge in [-0.05, 0) is 31.9 Å². The highest BCUT2D eigenvalue weighted by atomic mass is 16.6. The van der Waals surface area contributed by atoms with Crippen LogP contribution in [0.1, 0.15) is 33.1 Å². The number of hydrogen-bond donors (Lipinski definition) is 1. The number of nitro groups is 1. The lowest BCUT2D eigenvalue weighted by molar-refractivity contribution is -0.383. The van der Waals surface area contributed by atoms with Crippen LogP contribution in [-0.4, -0.2) is 53.5 Å². The number of imide groups is 1. The highest BCUT2D eigenvalue weighted by Gasteiger charge is 2.37. The summed E-state index contributed by atoms with van der Waals surface area (Å²) in [5.74, 6) is -1.14. The second-order valence-electron chi connectivity index (χ2n) is 7.24. The largest absolute Gasteiger partial charge is 0.450 e. The highest BCUT2D eigenvalue weighted by molar-refractivity contribution is 6.21. The Balaban J connectivity index is 1.72. The Bertz CT molecular complexity index is 834. The van der Waals surface area contributed by atoms with Gasteiger partial charge >= 0.3 is 6.09 Å². The summed E-state index contributed by atoms with van der Waals surface area (Å²) < 4.78 is 4.99. The van der Waals surface area contributed by atoms with Crippen LogP contribution in [-0.2, 0) is 14.3 Å². The number of rotatable bonds is 5. The minimum Gasteiger partial charge on any atom is -0.450 e. The first-order valence-corrected chi connectivity index (χ1v) is 9.65. The van der Waals surface area contributed by atoms with Crippen LogP contribution in [0.15, 0.2) is 18.2 Å². The zero-order valence-corrected chi connectivity index (χ0v) is 16.4. The van der Waals surface area contributed by atoms with Crippen LogP contribution in [0, 0.1) is 16.0 Å². The summed E-state index contributed by atoms with van der Waals surface area (Å²) in [7, 11) is 0. The number of anilines is 2. The number of hydrogen-bond acceptors (Lipinski definition) is 7. The Hall–Kier alpha value is -3.17. The summed E-state index contributed by atoms with van der Waals surface area (Å²) in [4.78, 5) is 49.8. The van der Waals surface area contributed by atoms with Crippen molar-refractivity contribution >= 4 is 35.0 Å². The van der Waals surface area contributed by atoms with E-state index in [0.717, 1.165) is 4.90 Å². The van der Waals surface area contributed by atoms with Crippen molar-refractivity contribution in [2.45, 2.75) is 39.2 Å². The van der Waals surface area contributed by atoms with Gasteiger partial charge in [-0.1, -0.05) is 6.92 Å². The summed E-state index contributed by atoms with van der Waals surface area (Å²) in [5, 5.41) is 14.7. The van der Waals surface area contributed by atoms with Crippen LogP contribution in [0.5, 0.6) is 0 Å². The summed E-state index contributed by atoms with van der Waals surface area (Å²) in [5.41, 5.74) is 0.328. The monoisotopic (exact) mass is 404 g/mol. The molecule has 1 aromatic rings. The molecule has 1 aromatic carbocycles. The minimum atomic E-state index is -0.534. The molecule has 0 aromatic heterocycles. The SMILES string of the molecule is CCOC(=O)N1CCC(Nc2ccc(N3C(=O)C[C@@H](C)C3=O)cc2[N+](=O)[O-])CC1. The Morgan fingerprint density at radius 3 is 2.55 bits per heavy atom. The molecule has 2 heterocycles. The van der Waals surface area contributed by atoms with E-state index in [-0.39, 0.29) is 41.7 Å². The van der Waals surface area contributed by atoms with Crippen LogP contribution >= 0.6 is 0 Å². The molecule has 3 rings (SSSR count). The van der Waals surface area contributed by atoms with Crippen molar-refractivity contribution < 1.29 is 24.0 Å². The maximum atomic E-state index is 12.2. The van der Waals surface area contributed by atoms with Crippen molar-refractivity contribution in [3.63, 3.8) is 0 Å². The maximum Gasteiger partial charge on any atom is 0.409 e. The molecule has 2 aliphatic rings. The predicted octanol–water partition coefficient (Wildman–Crippen LogP) is 2.53. The molecule has 2 saturated heterocycles. The quantitative estimate of drug-likeness (QED) is 0.454. The zero-order valence-electron chi connectivity index (χ0n) is 16.4. The molecule has 1 N–H and O–H groups in total. The first kappa shape index (κ1) is 20.6. The smallest absolute Gasteiger partial charge is 0.409 e. The van der Waals surface area contributed by atoms with E-state index in [1.54, 1.807) is 18.7 Å². The van der Waals surface area contributed by atoms with Gasteiger partial charge in [0.05, 0.1) is 17.2 Å². The van der Waals surface area contributed by atoms with Crippen LogP contribution in [0.3, 0.4) is 0 Å². The summed E-state index contributed by atoms with van der Waals surface area (Å²) in [6, 6.07) is 4.27. The number of amides is 3. The molecule has 1 atom stereocenters. The van der Waals surface area contributed by atoms with Crippen LogP contribution in [0.2, 0.25) is 0 Å². The fourth-order valence-corrected chi connectivity index (χ4v) is 3.63. The van der Waals surface area contributed by atoms with E-state index in [1.165, 1.54) is 18.2 Å². The second-order valence-corrected chi connectivity index (χ2v) is 7.24. The van der Waals surface area contributed by atoms with Crippen molar-refractivity contribution in [1.82, 2.24) is 4.90 Å². The lowest BCUT2D eigenvalue weighted by Gasteiger charge is -2.32. The van der Waals surface area contributed by atoms with Crippen molar-refractivity contribution in [2.75, 3.05) is 29.9 Å². The number of benzene rings is 1. The molecule has 0 bridgehead atoms. The number of likely N-dealkylation sites (tertiary alicyclic amines) is 1. The van der Waals surface area contributed by atoms with Crippen molar-refractivity contribution in [2.24, 2.45) is 5.92 Å². The molecule has 0 radical (unpaired) electrons. The lowest BCUT2D eigenvalue weighted by atomic mass is 10.0. The van der Waals surface area contributed by atoms with Gasteiger partial charge in [-0.25, -0.2) is 4.79 Å². The molecule has 2 fully saturated rings. The lowest BCUT2D eigenvalue weighted by Crippen LogP contribution is -2.42. The van der Waals surface area contributed by atoms with Gasteiger partial charge in [-0.15, -0.1) is 0 Å². The van der Waals surface area contributed by atoms with E-state index in [4.69, 9.17) is 4.74 Å². The van der Waals surface area contributed by atoms with E-state index >= 15 is 0 Å². The first-order valence-electron chi connectivity index (χ1n) is 9.65. The number of carbonyl (C=O) groups is 3. The fourth-order valence-electron chi connectivity index (χ4n) is 3.63. The molecular weight excluding hydrogens is 380 g/mol. The Morgan fingerprint density at radius 1 is 1.31 bits per heavy atom. The van der Waals surface area contributed by atoms with E-state index in [0.29, 0.717) is 38.2 Å². The first-order chi connectivity index (χ1) is 13.8. The second kappa shape index (κ2) is 8.46. The van der Waals surface area contributed by atoms with Gasteiger partial charge < -0.3 is 15.0 Å². The number of nitrogens with zero attached hydrogens (tertiary/aromatic N) is 3. The van der Waals surface area contributed by atoms with Gasteiger partial charge in [0.1, 0.15) is 5.69 Å². The van der Waals surface area contributed by atoms with E-state index in [9.17, 15) is 24.5 Å². The van der Waals surface area contributed by atoms with Crippen LogP contribution < -0.4 is 10.2 Å². The number of ether oxygens (including phenoxy) is 1. The topological polar surface area (TPSA) is 122 Å². The molecule has 156 valence electrons. The van der Waals surface area contributed by atoms with Crippen LogP contribution in [0.4, 0.5) is 21.9 Å². The van der Waals surface area contributed by atoms with Gasteiger partial charge in [0, 0.05) is 37.5 Å². The third kappa shape index (κ3) is 4.30. The Morgan fingerprint density at radius 2 is 2.00 bits per heavy atom. The fraction of sp³-hybridized carbons (Fsp3) is 0.526. The summed E-state index contributed by atoms with van der Waals surface area (Å²) in [6.07, 6.45) is 0.998. The van der Waals surface area contributed by atoms with Gasteiger partial charge in [0.15, 0.2) is 0 Å². The average molecular weight is 404 g/mol. The molecule has 0 aliphatic carbocycles. The number of nitrogens with one attached hydrogen (secondary N) is 1. The summed E-state index contributed by atoms with van der Waals surface area (Å²) in [6.45, 7) is 4.72. The molecule has 0 unspecified atom stereocenters. The van der Waals surface area contributed by atoms with E-state index in [1.807, 2.05) is 0 Å². The van der Waals surface area contributed by atoms with Gasteiger partial charge in [-0.3, -0.25) is 24.6 Å². The molecule has 2 aliphatic heterocycles. The molecule has 10 heteroatoms. The zero-order chi connectivity index (χ0) is 21.1. The van der Waals surface area contributed by atoms with E-state index < -0.39 is 10.8 Å². The van der Waals surface area contributed by atoms with Crippen molar-refractivity contribution in [3.8, 4) is 0 Å². The average Bonchev–Trinajstić information content (AvgIpc) is 2.94. The minimum absolute atomic E-state index is 0.0414. The molecular formula is C19H24N4O6. The standard InChI is InChI=1S/C19H24N4O6/c1-3-29-19(26)21-8-6-13(7-9-21)20-15-5-4-14(11-16(15)23(27)28)22-17(24)10-12(2)18(22)25/h4-5,11-13,20H,3,6-10H2,1-2H3/t12-/m1/s1. The summed E-state index contributed by atoms with van der Waals surface area (Å²) >= 11 is 0. The number of piperidine rings is 1. The van der Waals surface area contributed by atoms with E-state index in [2.05, 4.69) is 5.32 Å². The number of nitro benzene ring substituents is 1. The van der Waals surface area contributed by atoms with Crippen molar-refractivity contribution in [3.05, 3.63) is 28.3 Å². The van der Waals surface area contributed by atoms with Gasteiger partial charge in [-0.2, -0.15) is 0 Å². The predicted molar refractivity (Wildman–Crippen MR) is 105 cm³/mol. The normalized spacial score (nSPS) is 20.1. The molecule has 29 heavy (non-hydrogen) atoms. The number of carbonyl (C=O) groups excluding carboxylic acids is 3. The molecule has 0 spiro atoms. The van der Waals surface area contributed by atoms with Crippen molar-refractivity contribution in [1.29, 1.82) is 0 Å². The Kier molecular flexibility index (Phi) is 6.00. The van der Waals surface area contributed by atoms with Crippen LogP contribution in [0.25, 0.3) is 0 Å². The van der Waals surface area contributed by atoms with Gasteiger partial charge in [0.2, 0.25) is 11.8 Å². The Labute approximate surface area is 167 Å². The highest BCUT2D eigenvalue weighted by Crippen LogP contribution is 2.34. The third-order valence-corrected chi connectivity index (χ3v) is 5.19.